The van der Waals surface area contributed by atoms with Gasteiger partial charge in [-0.1, -0.05) is 0 Å². The normalized spacial score (nSPS) is 23.5. The van der Waals surface area contributed by atoms with Crippen LogP contribution in [0.1, 0.15) is 50.4 Å². The molecule has 0 radical (unpaired) electrons. The second kappa shape index (κ2) is 5.14. The number of hydrogen-bond donors (Lipinski definition) is 0. The molecule has 0 atom stereocenters. The zero-order valence-corrected chi connectivity index (χ0v) is 14.9. The zero-order valence-electron chi connectivity index (χ0n) is 14.0. The van der Waals surface area contributed by atoms with Crippen molar-refractivity contribution < 1.29 is 9.53 Å². The molecule has 7 heteroatoms. The Labute approximate surface area is 141 Å². The van der Waals surface area contributed by atoms with Crippen molar-refractivity contribution in [1.29, 1.82) is 0 Å². The molecule has 2 aliphatic heterocycles. The molecule has 3 fully saturated rings. The highest BCUT2D eigenvalue weighted by atomic mass is 32.1. The lowest BCUT2D eigenvalue weighted by molar-refractivity contribution is -0.115. The van der Waals surface area contributed by atoms with E-state index >= 15 is 0 Å². The highest BCUT2D eigenvalue weighted by Gasteiger charge is 2.53. The quantitative estimate of drug-likeness (QED) is 0.849. The van der Waals surface area contributed by atoms with Gasteiger partial charge in [0, 0.05) is 37.5 Å². The van der Waals surface area contributed by atoms with Gasteiger partial charge in [-0.25, -0.2) is 9.78 Å². The van der Waals surface area contributed by atoms with Gasteiger partial charge in [0.25, 0.3) is 0 Å². The standard InChI is InChI=1S/C16H24N4O2S/c1-15(2,3)22-14(21)20-9-16(10-20)7-19(8-16)6-12-17-13(18-23-12)11-4-5-11/h11H,4-10H2,1-3H3. The predicted octanol–water partition coefficient (Wildman–Crippen LogP) is 2.47. The van der Waals surface area contributed by atoms with Crippen LogP contribution in [-0.2, 0) is 11.3 Å². The van der Waals surface area contributed by atoms with Crippen LogP contribution in [0, 0.1) is 5.41 Å². The van der Waals surface area contributed by atoms with Gasteiger partial charge in [0.2, 0.25) is 0 Å². The van der Waals surface area contributed by atoms with Crippen LogP contribution < -0.4 is 0 Å². The molecule has 0 unspecified atom stereocenters. The fraction of sp³-hybridized carbons (Fsp3) is 0.812. The van der Waals surface area contributed by atoms with E-state index in [-0.39, 0.29) is 6.09 Å². The van der Waals surface area contributed by atoms with Crippen LogP contribution in [0.3, 0.4) is 0 Å². The van der Waals surface area contributed by atoms with E-state index in [1.54, 1.807) is 11.5 Å². The van der Waals surface area contributed by atoms with Crippen molar-refractivity contribution in [3.8, 4) is 0 Å². The summed E-state index contributed by atoms with van der Waals surface area (Å²) in [5.41, 5.74) is -0.122. The fourth-order valence-electron chi connectivity index (χ4n) is 3.46. The largest absolute Gasteiger partial charge is 0.444 e. The SMILES string of the molecule is CC(C)(C)OC(=O)N1CC2(CN(Cc3nc(C4CC4)ns3)C2)C1. The second-order valence-electron chi connectivity index (χ2n) is 8.30. The summed E-state index contributed by atoms with van der Waals surface area (Å²) >= 11 is 1.55. The molecule has 1 saturated carbocycles. The number of hydrogen-bond acceptors (Lipinski definition) is 6. The van der Waals surface area contributed by atoms with Gasteiger partial charge in [-0.05, 0) is 45.1 Å². The van der Waals surface area contributed by atoms with Crippen molar-refractivity contribution in [3.05, 3.63) is 10.8 Å². The van der Waals surface area contributed by atoms with E-state index in [1.807, 2.05) is 25.7 Å². The molecule has 1 aliphatic carbocycles. The monoisotopic (exact) mass is 336 g/mol. The average Bonchev–Trinajstić information content (AvgIpc) is 3.09. The molecular formula is C16H24N4O2S. The summed E-state index contributed by atoms with van der Waals surface area (Å²) in [6.45, 7) is 10.4. The molecule has 1 aromatic heterocycles. The van der Waals surface area contributed by atoms with Gasteiger partial charge >= 0.3 is 6.09 Å². The van der Waals surface area contributed by atoms with E-state index in [9.17, 15) is 4.79 Å². The van der Waals surface area contributed by atoms with E-state index < -0.39 is 5.60 Å². The molecule has 0 N–H and O–H groups in total. The first-order valence-corrected chi connectivity index (χ1v) is 9.12. The van der Waals surface area contributed by atoms with E-state index in [1.165, 1.54) is 12.8 Å². The summed E-state index contributed by atoms with van der Waals surface area (Å²) in [7, 11) is 0. The first kappa shape index (κ1) is 15.3. The number of nitrogens with zero attached hydrogens (tertiary/aromatic N) is 4. The molecule has 0 bridgehead atoms. The summed E-state index contributed by atoms with van der Waals surface area (Å²) in [5.74, 6) is 1.69. The van der Waals surface area contributed by atoms with E-state index in [2.05, 4.69) is 14.3 Å². The third-order valence-electron chi connectivity index (χ3n) is 4.61. The molecule has 0 aromatic carbocycles. The molecule has 1 aromatic rings. The third-order valence-corrected chi connectivity index (χ3v) is 5.32. The van der Waals surface area contributed by atoms with Crippen molar-refractivity contribution in [1.82, 2.24) is 19.2 Å². The molecule has 3 heterocycles. The summed E-state index contributed by atoms with van der Waals surface area (Å²) in [6, 6.07) is 0. The predicted molar refractivity (Wildman–Crippen MR) is 87.4 cm³/mol. The van der Waals surface area contributed by atoms with Crippen LogP contribution in [0.5, 0.6) is 0 Å². The smallest absolute Gasteiger partial charge is 0.410 e. The van der Waals surface area contributed by atoms with E-state index in [4.69, 9.17) is 4.74 Å². The molecule has 23 heavy (non-hydrogen) atoms. The van der Waals surface area contributed by atoms with Gasteiger partial charge < -0.3 is 9.64 Å². The molecule has 2 saturated heterocycles. The number of likely N-dealkylation sites (tertiary alicyclic amines) is 2. The minimum Gasteiger partial charge on any atom is -0.444 e. The lowest BCUT2D eigenvalue weighted by atomic mass is 9.73. The average molecular weight is 336 g/mol. The van der Waals surface area contributed by atoms with E-state index in [0.29, 0.717) is 11.3 Å². The van der Waals surface area contributed by atoms with Gasteiger partial charge in [0.15, 0.2) is 0 Å². The Morgan fingerprint density at radius 3 is 2.61 bits per heavy atom. The Balaban J connectivity index is 1.22. The number of aromatic nitrogens is 2. The molecule has 6 nitrogen and oxygen atoms in total. The third kappa shape index (κ3) is 3.21. The van der Waals surface area contributed by atoms with Crippen LogP contribution in [0.2, 0.25) is 0 Å². The lowest BCUT2D eigenvalue weighted by Crippen LogP contribution is -2.72. The van der Waals surface area contributed by atoms with Crippen LogP contribution >= 0.6 is 11.5 Å². The van der Waals surface area contributed by atoms with Gasteiger partial charge in [-0.2, -0.15) is 4.37 Å². The minimum atomic E-state index is -0.414. The molecule has 1 amide bonds. The number of amides is 1. The van der Waals surface area contributed by atoms with Crippen molar-refractivity contribution in [2.24, 2.45) is 5.41 Å². The molecule has 3 aliphatic rings. The van der Waals surface area contributed by atoms with Gasteiger partial charge in [-0.15, -0.1) is 0 Å². The Morgan fingerprint density at radius 2 is 2.00 bits per heavy atom. The first-order chi connectivity index (χ1) is 10.8. The van der Waals surface area contributed by atoms with Crippen LogP contribution in [0.25, 0.3) is 0 Å². The van der Waals surface area contributed by atoms with E-state index in [0.717, 1.165) is 43.6 Å². The maximum absolute atomic E-state index is 12.0. The zero-order chi connectivity index (χ0) is 16.2. The molecule has 1 spiro atoms. The van der Waals surface area contributed by atoms with Crippen LogP contribution in [0.4, 0.5) is 4.79 Å². The summed E-state index contributed by atoms with van der Waals surface area (Å²) in [4.78, 5) is 20.9. The summed E-state index contributed by atoms with van der Waals surface area (Å²) in [6.07, 6.45) is 2.33. The second-order valence-corrected chi connectivity index (χ2v) is 9.14. The van der Waals surface area contributed by atoms with Crippen LogP contribution in [-0.4, -0.2) is 57.0 Å². The maximum atomic E-state index is 12.0. The van der Waals surface area contributed by atoms with Crippen molar-refractivity contribution in [2.75, 3.05) is 26.2 Å². The number of carbonyl (C=O) groups excluding carboxylic acids is 1. The molecule has 4 rings (SSSR count). The molecule has 126 valence electrons. The minimum absolute atomic E-state index is 0.181. The number of carbonyl (C=O) groups is 1. The van der Waals surface area contributed by atoms with Crippen molar-refractivity contribution in [3.63, 3.8) is 0 Å². The summed E-state index contributed by atoms with van der Waals surface area (Å²) in [5, 5.41) is 1.13. The highest BCUT2D eigenvalue weighted by molar-refractivity contribution is 7.05. The summed E-state index contributed by atoms with van der Waals surface area (Å²) < 4.78 is 9.88. The Hall–Kier alpha value is -1.21. The number of rotatable bonds is 3. The Kier molecular flexibility index (Phi) is 3.43. The first-order valence-electron chi connectivity index (χ1n) is 8.35. The Bertz CT molecular complexity index is 606. The lowest BCUT2D eigenvalue weighted by Gasteiger charge is -2.59. The highest BCUT2D eigenvalue weighted by Crippen LogP contribution is 2.42. The van der Waals surface area contributed by atoms with Crippen molar-refractivity contribution in [2.45, 2.75) is 51.7 Å². The topological polar surface area (TPSA) is 58.6 Å². The van der Waals surface area contributed by atoms with Crippen LogP contribution in [0.15, 0.2) is 0 Å². The van der Waals surface area contributed by atoms with Gasteiger partial charge in [-0.3, -0.25) is 4.90 Å². The van der Waals surface area contributed by atoms with Crippen molar-refractivity contribution >= 4 is 17.6 Å². The fourth-order valence-corrected chi connectivity index (χ4v) is 4.23. The molecular weight excluding hydrogens is 312 g/mol. The maximum Gasteiger partial charge on any atom is 0.410 e. The van der Waals surface area contributed by atoms with Gasteiger partial charge in [0.05, 0.1) is 6.54 Å². The van der Waals surface area contributed by atoms with Gasteiger partial charge in [0.1, 0.15) is 16.4 Å². The number of ether oxygens (including phenoxy) is 1. The Morgan fingerprint density at radius 1 is 1.30 bits per heavy atom.